The maximum atomic E-state index is 12.1. The number of rotatable bonds is 10. The number of aromatic nitrogens is 2. The van der Waals surface area contributed by atoms with Gasteiger partial charge in [-0.25, -0.2) is 18.5 Å². The molecule has 1 saturated heterocycles. The van der Waals surface area contributed by atoms with Gasteiger partial charge in [-0.15, -0.1) is 0 Å². The van der Waals surface area contributed by atoms with Gasteiger partial charge in [0.2, 0.25) is 0 Å². The molecule has 0 amide bonds. The van der Waals surface area contributed by atoms with Crippen LogP contribution >= 0.6 is 23.5 Å². The van der Waals surface area contributed by atoms with Gasteiger partial charge in [-0.05, 0) is 7.05 Å². The molecule has 1 fully saturated rings. The van der Waals surface area contributed by atoms with E-state index in [-0.39, 0.29) is 12.2 Å². The Labute approximate surface area is 177 Å². The molecule has 0 aromatic carbocycles. The number of hydrogen-bond donors (Lipinski definition) is 8. The average molecular weight is 527 g/mol. The lowest BCUT2D eigenvalue weighted by Gasteiger charge is -2.19. The number of H-pyrrole nitrogens is 1. The molecule has 1 aliphatic heterocycles. The van der Waals surface area contributed by atoms with E-state index in [1.54, 1.807) is 0 Å². The Hall–Kier alpha value is -1.07. The van der Waals surface area contributed by atoms with Gasteiger partial charge in [0.15, 0.2) is 0 Å². The number of aliphatic hydroxyl groups is 2. The van der Waals surface area contributed by atoms with Gasteiger partial charge >= 0.3 is 29.2 Å². The summed E-state index contributed by atoms with van der Waals surface area (Å²) in [7, 11) is -15.3. The minimum Gasteiger partial charge on any atom is -0.387 e. The molecule has 1 aromatic rings. The number of nitrogens with zero attached hydrogens (tertiary/aromatic N) is 1. The summed E-state index contributed by atoms with van der Waals surface area (Å²) in [5.41, 5.74) is -1.98. The highest BCUT2D eigenvalue weighted by Gasteiger charge is 2.47. The smallest absolute Gasteiger partial charge is 0.387 e. The van der Waals surface area contributed by atoms with E-state index in [2.05, 4.69) is 18.5 Å². The second-order valence-electron chi connectivity index (χ2n) is 6.29. The lowest BCUT2D eigenvalue weighted by Crippen LogP contribution is -2.37. The number of aromatic amines is 1. The van der Waals surface area contributed by atoms with Crippen LogP contribution in [0.25, 0.3) is 0 Å². The monoisotopic (exact) mass is 527 g/mol. The summed E-state index contributed by atoms with van der Waals surface area (Å²) in [6, 6.07) is 0. The van der Waals surface area contributed by atoms with Crippen LogP contribution in [0, 0.1) is 0 Å². The molecule has 18 nitrogen and oxygen atoms in total. The minimum atomic E-state index is -5.75. The molecule has 1 aliphatic rings. The fraction of sp³-hybridized carbons (Fsp3) is 0.636. The SMILES string of the molecule is CNCn1cc([C@@H]2O[C@H](COP(=O)(O)OP(=O)(O)OP(=O)(O)O)C(O)C2O)c(=O)[nH]c1=O. The van der Waals surface area contributed by atoms with Crippen molar-refractivity contribution in [3.63, 3.8) is 0 Å². The highest BCUT2D eigenvalue weighted by Crippen LogP contribution is 2.66. The summed E-state index contributed by atoms with van der Waals surface area (Å²) < 4.78 is 51.4. The highest BCUT2D eigenvalue weighted by atomic mass is 31.3. The Balaban J connectivity index is 2.13. The second kappa shape index (κ2) is 10.0. The van der Waals surface area contributed by atoms with Crippen molar-refractivity contribution in [2.75, 3.05) is 13.7 Å². The van der Waals surface area contributed by atoms with Crippen LogP contribution in [0.15, 0.2) is 15.8 Å². The first-order valence-corrected chi connectivity index (χ1v) is 12.9. The lowest BCUT2D eigenvalue weighted by molar-refractivity contribution is -0.0228. The van der Waals surface area contributed by atoms with Crippen molar-refractivity contribution in [3.8, 4) is 0 Å². The van der Waals surface area contributed by atoms with Crippen molar-refractivity contribution in [2.24, 2.45) is 0 Å². The lowest BCUT2D eigenvalue weighted by atomic mass is 10.0. The maximum Gasteiger partial charge on any atom is 0.490 e. The van der Waals surface area contributed by atoms with Crippen LogP contribution in [0.2, 0.25) is 0 Å². The van der Waals surface area contributed by atoms with E-state index in [0.717, 1.165) is 10.8 Å². The first kappa shape index (κ1) is 27.2. The van der Waals surface area contributed by atoms with Gasteiger partial charge in [0.05, 0.1) is 18.8 Å². The molecule has 2 rings (SSSR count). The van der Waals surface area contributed by atoms with Gasteiger partial charge in [-0.1, -0.05) is 0 Å². The molecule has 1 aromatic heterocycles. The fourth-order valence-electron chi connectivity index (χ4n) is 2.63. The topological polar surface area (TPSA) is 276 Å². The first-order chi connectivity index (χ1) is 14.6. The summed E-state index contributed by atoms with van der Waals surface area (Å²) in [6.07, 6.45) is -5.58. The molecule has 0 spiro atoms. The summed E-state index contributed by atoms with van der Waals surface area (Å²) in [5, 5.41) is 23.0. The summed E-state index contributed by atoms with van der Waals surface area (Å²) in [6.45, 7) is -1.07. The molecule has 4 unspecified atom stereocenters. The third kappa shape index (κ3) is 7.21. The van der Waals surface area contributed by atoms with Crippen molar-refractivity contribution in [2.45, 2.75) is 31.1 Å². The molecule has 8 N–H and O–H groups in total. The van der Waals surface area contributed by atoms with E-state index < -0.39 is 65.7 Å². The van der Waals surface area contributed by atoms with Crippen molar-refractivity contribution in [1.29, 1.82) is 0 Å². The number of aliphatic hydroxyl groups excluding tert-OH is 2. The first-order valence-electron chi connectivity index (χ1n) is 8.33. The van der Waals surface area contributed by atoms with Crippen molar-refractivity contribution < 1.29 is 61.4 Å². The number of phosphoric ester groups is 1. The Bertz CT molecular complexity index is 1080. The molecule has 2 heterocycles. The van der Waals surface area contributed by atoms with E-state index in [0.29, 0.717) is 0 Å². The Morgan fingerprint density at radius 1 is 1.09 bits per heavy atom. The van der Waals surface area contributed by atoms with Gasteiger partial charge in [-0.3, -0.25) is 18.9 Å². The van der Waals surface area contributed by atoms with Gasteiger partial charge in [-0.2, -0.15) is 8.62 Å². The van der Waals surface area contributed by atoms with Gasteiger partial charge in [0.1, 0.15) is 24.4 Å². The molecule has 0 aliphatic carbocycles. The van der Waals surface area contributed by atoms with E-state index >= 15 is 0 Å². The largest absolute Gasteiger partial charge is 0.490 e. The van der Waals surface area contributed by atoms with Crippen LogP contribution < -0.4 is 16.6 Å². The van der Waals surface area contributed by atoms with E-state index in [1.807, 2.05) is 4.98 Å². The normalized spacial score (nSPS) is 27.7. The number of phosphoric acid groups is 3. The third-order valence-corrected chi connectivity index (χ3v) is 7.66. The molecule has 21 heteroatoms. The minimum absolute atomic E-state index is 0.0244. The van der Waals surface area contributed by atoms with Gasteiger partial charge in [0.25, 0.3) is 5.56 Å². The van der Waals surface area contributed by atoms with Crippen LogP contribution in [0.4, 0.5) is 0 Å². The van der Waals surface area contributed by atoms with E-state index in [1.165, 1.54) is 7.05 Å². The molecule has 0 saturated carbocycles. The zero-order chi connectivity index (χ0) is 24.5. The van der Waals surface area contributed by atoms with Gasteiger partial charge < -0.3 is 39.8 Å². The summed E-state index contributed by atoms with van der Waals surface area (Å²) in [4.78, 5) is 61.3. The van der Waals surface area contributed by atoms with Crippen LogP contribution in [0.5, 0.6) is 0 Å². The summed E-state index contributed by atoms with van der Waals surface area (Å²) >= 11 is 0. The maximum absolute atomic E-state index is 12.1. The molecular formula is C11H20N3O15P3. The molecular weight excluding hydrogens is 507 g/mol. The zero-order valence-corrected chi connectivity index (χ0v) is 18.6. The highest BCUT2D eigenvalue weighted by molar-refractivity contribution is 7.66. The van der Waals surface area contributed by atoms with E-state index in [9.17, 15) is 38.4 Å². The van der Waals surface area contributed by atoms with E-state index in [4.69, 9.17) is 19.4 Å². The Morgan fingerprint density at radius 3 is 2.28 bits per heavy atom. The van der Waals surface area contributed by atoms with Crippen LogP contribution in [-0.2, 0) is 38.2 Å². The predicted molar refractivity (Wildman–Crippen MR) is 99.8 cm³/mol. The Morgan fingerprint density at radius 2 is 1.72 bits per heavy atom. The zero-order valence-electron chi connectivity index (χ0n) is 15.9. The fourth-order valence-corrected chi connectivity index (χ4v) is 5.66. The molecule has 0 bridgehead atoms. The average Bonchev–Trinajstić information content (AvgIpc) is 2.87. The number of nitrogens with one attached hydrogen (secondary N) is 2. The van der Waals surface area contributed by atoms with Crippen LogP contribution in [0.3, 0.4) is 0 Å². The second-order valence-corrected chi connectivity index (χ2v) is 10.7. The predicted octanol–water partition coefficient (Wildman–Crippen LogP) is -2.78. The van der Waals surface area contributed by atoms with Gasteiger partial charge in [0, 0.05) is 6.20 Å². The third-order valence-electron chi connectivity index (χ3n) is 3.85. The molecule has 6 atom stereocenters. The standard InChI is InChI=1S/C11H20N3O15P3/c1-12-4-14-2-5(10(17)13-11(14)18)9-8(16)7(15)6(27-9)3-26-31(22,23)29-32(24,25)28-30(19,20)21/h2,6-9,12,15-16H,3-4H2,1H3,(H,22,23)(H,24,25)(H,13,17,18)(H2,19,20,21)/t6-,7?,8?,9+/m1/s1. The quantitative estimate of drug-likeness (QED) is 0.143. The molecule has 0 radical (unpaired) electrons. The van der Waals surface area contributed by atoms with Crippen molar-refractivity contribution >= 4 is 23.5 Å². The van der Waals surface area contributed by atoms with Crippen molar-refractivity contribution in [1.82, 2.24) is 14.9 Å². The Kier molecular flexibility index (Phi) is 8.53. The van der Waals surface area contributed by atoms with Crippen LogP contribution in [-0.4, -0.2) is 71.3 Å². The molecule has 184 valence electrons. The van der Waals surface area contributed by atoms with Crippen molar-refractivity contribution in [3.05, 3.63) is 32.6 Å². The van der Waals surface area contributed by atoms with Crippen LogP contribution in [0.1, 0.15) is 11.7 Å². The summed E-state index contributed by atoms with van der Waals surface area (Å²) in [5.74, 6) is 0. The molecule has 32 heavy (non-hydrogen) atoms. The number of ether oxygens (including phenoxy) is 1. The number of hydrogen-bond acceptors (Lipinski definition) is 12.